The number of imidazole rings is 1. The molecule has 3 heteroatoms. The van der Waals surface area contributed by atoms with Gasteiger partial charge in [-0.1, -0.05) is 13.8 Å². The minimum Gasteiger partial charge on any atom is -0.385 e. The summed E-state index contributed by atoms with van der Waals surface area (Å²) in [7, 11) is 0. The van der Waals surface area contributed by atoms with Gasteiger partial charge in [-0.25, -0.2) is 4.98 Å². The third-order valence-corrected chi connectivity index (χ3v) is 2.31. The van der Waals surface area contributed by atoms with Crippen LogP contribution in [-0.2, 0) is 0 Å². The van der Waals surface area contributed by atoms with Crippen molar-refractivity contribution < 1.29 is 0 Å². The van der Waals surface area contributed by atoms with Gasteiger partial charge in [-0.3, -0.25) is 0 Å². The van der Waals surface area contributed by atoms with Crippen molar-refractivity contribution in [1.82, 2.24) is 9.97 Å². The second-order valence-corrected chi connectivity index (χ2v) is 4.33. The molecule has 15 heavy (non-hydrogen) atoms. The molecular weight excluding hydrogens is 186 g/mol. The van der Waals surface area contributed by atoms with Crippen LogP contribution >= 0.6 is 0 Å². The van der Waals surface area contributed by atoms with Crippen LogP contribution < -0.4 is 5.32 Å². The van der Waals surface area contributed by atoms with E-state index >= 15 is 0 Å². The van der Waals surface area contributed by atoms with Gasteiger partial charge in [-0.2, -0.15) is 0 Å². The van der Waals surface area contributed by atoms with Crippen molar-refractivity contribution in [3.63, 3.8) is 0 Å². The van der Waals surface area contributed by atoms with Crippen molar-refractivity contribution in [3.05, 3.63) is 24.0 Å². The van der Waals surface area contributed by atoms with Crippen molar-refractivity contribution in [2.45, 2.75) is 20.8 Å². The first-order valence-electron chi connectivity index (χ1n) is 5.35. The minimum absolute atomic E-state index is 0.657. The Hall–Kier alpha value is -1.51. The molecule has 1 heterocycles. The molecule has 3 nitrogen and oxygen atoms in total. The molecule has 80 valence electrons. The maximum Gasteiger partial charge on any atom is 0.104 e. The van der Waals surface area contributed by atoms with Gasteiger partial charge in [-0.15, -0.1) is 0 Å². The van der Waals surface area contributed by atoms with Crippen LogP contribution in [0.2, 0.25) is 0 Å². The van der Waals surface area contributed by atoms with Crippen LogP contribution in [0, 0.1) is 12.8 Å². The van der Waals surface area contributed by atoms with E-state index in [2.05, 4.69) is 41.3 Å². The van der Waals surface area contributed by atoms with Gasteiger partial charge in [0, 0.05) is 12.2 Å². The topological polar surface area (TPSA) is 40.7 Å². The number of aromatic nitrogens is 2. The third-order valence-electron chi connectivity index (χ3n) is 2.31. The first-order chi connectivity index (χ1) is 7.15. The molecule has 0 aliphatic carbocycles. The summed E-state index contributed by atoms with van der Waals surface area (Å²) >= 11 is 0. The zero-order chi connectivity index (χ0) is 10.8. The molecule has 2 N–H and O–H groups in total. The molecule has 0 saturated carbocycles. The summed E-state index contributed by atoms with van der Waals surface area (Å²) in [6, 6.07) is 6.23. The van der Waals surface area contributed by atoms with E-state index in [0.717, 1.165) is 29.1 Å². The van der Waals surface area contributed by atoms with Gasteiger partial charge in [-0.05, 0) is 31.0 Å². The first kappa shape index (κ1) is 10.0. The van der Waals surface area contributed by atoms with Crippen molar-refractivity contribution in [2.75, 3.05) is 11.9 Å². The molecular formula is C12H17N3. The van der Waals surface area contributed by atoms with Crippen LogP contribution in [0.4, 0.5) is 5.69 Å². The summed E-state index contributed by atoms with van der Waals surface area (Å²) in [5.41, 5.74) is 3.28. The number of H-pyrrole nitrogens is 1. The van der Waals surface area contributed by atoms with Crippen LogP contribution in [0.5, 0.6) is 0 Å². The van der Waals surface area contributed by atoms with E-state index in [0.29, 0.717) is 5.92 Å². The highest BCUT2D eigenvalue weighted by molar-refractivity contribution is 5.79. The average molecular weight is 203 g/mol. The largest absolute Gasteiger partial charge is 0.385 e. The zero-order valence-corrected chi connectivity index (χ0v) is 9.46. The number of nitrogens with zero attached hydrogens (tertiary/aromatic N) is 1. The van der Waals surface area contributed by atoms with Gasteiger partial charge in [0.15, 0.2) is 0 Å². The summed E-state index contributed by atoms with van der Waals surface area (Å²) in [5, 5.41) is 3.40. The standard InChI is InChI=1S/C12H17N3/c1-8(2)7-13-10-4-5-11-12(6-10)15-9(3)14-11/h4-6,8,13H,7H2,1-3H3,(H,14,15). The lowest BCUT2D eigenvalue weighted by Crippen LogP contribution is -2.07. The summed E-state index contributed by atoms with van der Waals surface area (Å²) in [6.45, 7) is 7.37. The minimum atomic E-state index is 0.657. The smallest absolute Gasteiger partial charge is 0.104 e. The number of benzene rings is 1. The molecule has 0 bridgehead atoms. The van der Waals surface area contributed by atoms with E-state index in [1.165, 1.54) is 0 Å². The number of fused-ring (bicyclic) bond motifs is 1. The summed E-state index contributed by atoms with van der Waals surface area (Å²) in [5.74, 6) is 1.62. The van der Waals surface area contributed by atoms with Crippen LogP contribution in [0.3, 0.4) is 0 Å². The highest BCUT2D eigenvalue weighted by atomic mass is 14.9. The van der Waals surface area contributed by atoms with Crippen LogP contribution in [0.25, 0.3) is 11.0 Å². The fourth-order valence-corrected chi connectivity index (χ4v) is 1.57. The second kappa shape index (κ2) is 3.93. The zero-order valence-electron chi connectivity index (χ0n) is 9.46. The van der Waals surface area contributed by atoms with E-state index < -0.39 is 0 Å². The van der Waals surface area contributed by atoms with E-state index in [-0.39, 0.29) is 0 Å². The van der Waals surface area contributed by atoms with Crippen LogP contribution in [0.15, 0.2) is 18.2 Å². The van der Waals surface area contributed by atoms with Gasteiger partial charge in [0.25, 0.3) is 0 Å². The number of hydrogen-bond acceptors (Lipinski definition) is 2. The Labute approximate surface area is 89.9 Å². The molecule has 0 atom stereocenters. The van der Waals surface area contributed by atoms with Crippen molar-refractivity contribution in [2.24, 2.45) is 5.92 Å². The maximum absolute atomic E-state index is 4.37. The molecule has 1 aromatic carbocycles. The Bertz CT molecular complexity index is 457. The van der Waals surface area contributed by atoms with Crippen molar-refractivity contribution in [1.29, 1.82) is 0 Å². The van der Waals surface area contributed by atoms with E-state index in [1.807, 2.05) is 13.0 Å². The number of aryl methyl sites for hydroxylation is 1. The van der Waals surface area contributed by atoms with E-state index in [1.54, 1.807) is 0 Å². The molecule has 0 saturated heterocycles. The quantitative estimate of drug-likeness (QED) is 0.805. The van der Waals surface area contributed by atoms with Crippen molar-refractivity contribution in [3.8, 4) is 0 Å². The van der Waals surface area contributed by atoms with Gasteiger partial charge >= 0.3 is 0 Å². The van der Waals surface area contributed by atoms with Crippen molar-refractivity contribution >= 4 is 16.7 Å². The fraction of sp³-hybridized carbons (Fsp3) is 0.417. The number of nitrogens with one attached hydrogen (secondary N) is 2. The third kappa shape index (κ3) is 2.29. The normalized spacial score (nSPS) is 11.2. The predicted octanol–water partition coefficient (Wildman–Crippen LogP) is 2.94. The number of aromatic amines is 1. The van der Waals surface area contributed by atoms with E-state index in [4.69, 9.17) is 0 Å². The number of anilines is 1. The molecule has 0 aliphatic rings. The number of hydrogen-bond donors (Lipinski definition) is 2. The monoisotopic (exact) mass is 203 g/mol. The molecule has 2 rings (SSSR count). The van der Waals surface area contributed by atoms with Gasteiger partial charge in [0.1, 0.15) is 5.82 Å². The number of rotatable bonds is 3. The van der Waals surface area contributed by atoms with Gasteiger partial charge in [0.2, 0.25) is 0 Å². The molecule has 1 aromatic heterocycles. The molecule has 0 fully saturated rings. The fourth-order valence-electron chi connectivity index (χ4n) is 1.57. The lowest BCUT2D eigenvalue weighted by atomic mass is 10.2. The Morgan fingerprint density at radius 2 is 2.20 bits per heavy atom. The average Bonchev–Trinajstić information content (AvgIpc) is 2.53. The molecule has 0 unspecified atom stereocenters. The second-order valence-electron chi connectivity index (χ2n) is 4.33. The SMILES string of the molecule is Cc1nc2ccc(NCC(C)C)cc2[nH]1. The van der Waals surface area contributed by atoms with Crippen LogP contribution in [-0.4, -0.2) is 16.5 Å². The lowest BCUT2D eigenvalue weighted by Gasteiger charge is -2.08. The molecule has 2 aromatic rings. The summed E-state index contributed by atoms with van der Waals surface area (Å²) in [4.78, 5) is 7.60. The van der Waals surface area contributed by atoms with Gasteiger partial charge in [0.05, 0.1) is 11.0 Å². The highest BCUT2D eigenvalue weighted by Crippen LogP contribution is 2.17. The Morgan fingerprint density at radius 1 is 1.40 bits per heavy atom. The van der Waals surface area contributed by atoms with Gasteiger partial charge < -0.3 is 10.3 Å². The first-order valence-corrected chi connectivity index (χ1v) is 5.35. The maximum atomic E-state index is 4.37. The molecule has 0 aliphatic heterocycles. The highest BCUT2D eigenvalue weighted by Gasteiger charge is 2.00. The molecule has 0 spiro atoms. The summed E-state index contributed by atoms with van der Waals surface area (Å²) in [6.07, 6.45) is 0. The Kier molecular flexibility index (Phi) is 2.62. The van der Waals surface area contributed by atoms with Crippen LogP contribution in [0.1, 0.15) is 19.7 Å². The molecule has 0 amide bonds. The molecule has 0 radical (unpaired) electrons. The predicted molar refractivity (Wildman–Crippen MR) is 64.2 cm³/mol. The Morgan fingerprint density at radius 3 is 2.93 bits per heavy atom. The summed E-state index contributed by atoms with van der Waals surface area (Å²) < 4.78 is 0. The lowest BCUT2D eigenvalue weighted by molar-refractivity contribution is 0.689. The van der Waals surface area contributed by atoms with E-state index in [9.17, 15) is 0 Å². The Balaban J connectivity index is 2.22.